The number of anilines is 1. The van der Waals surface area contributed by atoms with Crippen molar-refractivity contribution in [1.29, 1.82) is 0 Å². The van der Waals surface area contributed by atoms with Crippen molar-refractivity contribution >= 4 is 17.3 Å². The minimum absolute atomic E-state index is 0.807. The van der Waals surface area contributed by atoms with Gasteiger partial charge in [-0.2, -0.15) is 0 Å². The largest absolute Gasteiger partial charge is 0.496 e. The van der Waals surface area contributed by atoms with Crippen LogP contribution in [0, 0.1) is 0 Å². The minimum atomic E-state index is 0.807. The van der Waals surface area contributed by atoms with Crippen LogP contribution in [0.15, 0.2) is 48.5 Å². The molecule has 0 unspecified atom stereocenters. The fourth-order valence-corrected chi connectivity index (χ4v) is 3.23. The standard InChI is InChI=1S/C18H21ClN2O/c1-22-18-8-3-2-5-15(18)14-20-9-11-21(12-10-20)17-7-4-6-16(19)13-17/h2-8,13H,9-12,14H2,1H3/p+1. The SMILES string of the molecule is COc1ccccc1C[NH+]1CCN(c2cccc(Cl)c2)CC1. The molecular formula is C18H22ClN2O+. The Kier molecular flexibility index (Phi) is 4.86. The second-order valence-corrected chi connectivity index (χ2v) is 6.14. The Morgan fingerprint density at radius 3 is 2.59 bits per heavy atom. The lowest BCUT2D eigenvalue weighted by atomic mass is 10.1. The maximum absolute atomic E-state index is 6.09. The highest BCUT2D eigenvalue weighted by atomic mass is 35.5. The van der Waals surface area contributed by atoms with Crippen molar-refractivity contribution in [2.75, 3.05) is 38.2 Å². The van der Waals surface area contributed by atoms with Crippen LogP contribution in [-0.4, -0.2) is 33.3 Å². The van der Waals surface area contributed by atoms with Gasteiger partial charge in [-0.15, -0.1) is 0 Å². The zero-order valence-electron chi connectivity index (χ0n) is 12.9. The summed E-state index contributed by atoms with van der Waals surface area (Å²) >= 11 is 6.09. The third-order valence-corrected chi connectivity index (χ3v) is 4.51. The highest BCUT2D eigenvalue weighted by Crippen LogP contribution is 2.19. The van der Waals surface area contributed by atoms with Gasteiger partial charge in [-0.1, -0.05) is 29.8 Å². The summed E-state index contributed by atoms with van der Waals surface area (Å²) in [5, 5.41) is 0.807. The van der Waals surface area contributed by atoms with Gasteiger partial charge in [0.05, 0.1) is 33.3 Å². The Hall–Kier alpha value is -1.71. The van der Waals surface area contributed by atoms with Gasteiger partial charge in [0.1, 0.15) is 12.3 Å². The molecule has 1 N–H and O–H groups in total. The summed E-state index contributed by atoms with van der Waals surface area (Å²) in [5.74, 6) is 0.993. The van der Waals surface area contributed by atoms with Crippen LogP contribution in [0.2, 0.25) is 5.02 Å². The summed E-state index contributed by atoms with van der Waals surface area (Å²) < 4.78 is 5.45. The number of ether oxygens (including phenoxy) is 1. The molecule has 1 aliphatic rings. The van der Waals surface area contributed by atoms with Crippen LogP contribution in [-0.2, 0) is 6.54 Å². The molecular weight excluding hydrogens is 296 g/mol. The van der Waals surface area contributed by atoms with Crippen molar-refractivity contribution in [2.45, 2.75) is 6.54 Å². The van der Waals surface area contributed by atoms with Gasteiger partial charge < -0.3 is 14.5 Å². The van der Waals surface area contributed by atoms with Gasteiger partial charge in [-0.05, 0) is 30.3 Å². The Labute approximate surface area is 137 Å². The van der Waals surface area contributed by atoms with Gasteiger partial charge >= 0.3 is 0 Å². The quantitative estimate of drug-likeness (QED) is 0.931. The van der Waals surface area contributed by atoms with Crippen LogP contribution >= 0.6 is 11.6 Å². The number of para-hydroxylation sites is 1. The Balaban J connectivity index is 1.60. The zero-order valence-corrected chi connectivity index (χ0v) is 13.6. The van der Waals surface area contributed by atoms with Crippen molar-refractivity contribution in [3.63, 3.8) is 0 Å². The Bertz CT molecular complexity index is 624. The van der Waals surface area contributed by atoms with E-state index in [4.69, 9.17) is 16.3 Å². The first kappa shape index (κ1) is 15.2. The van der Waals surface area contributed by atoms with E-state index < -0.39 is 0 Å². The average molecular weight is 318 g/mol. The molecule has 2 aromatic rings. The van der Waals surface area contributed by atoms with E-state index >= 15 is 0 Å². The van der Waals surface area contributed by atoms with Gasteiger partial charge in [0.25, 0.3) is 0 Å². The van der Waals surface area contributed by atoms with E-state index in [9.17, 15) is 0 Å². The van der Waals surface area contributed by atoms with Crippen LogP contribution < -0.4 is 14.5 Å². The third-order valence-electron chi connectivity index (χ3n) is 4.28. The molecule has 0 atom stereocenters. The van der Waals surface area contributed by atoms with Gasteiger partial charge in [0.2, 0.25) is 0 Å². The number of nitrogens with zero attached hydrogens (tertiary/aromatic N) is 1. The third kappa shape index (κ3) is 3.54. The van der Waals surface area contributed by atoms with E-state index in [0.717, 1.165) is 43.5 Å². The van der Waals surface area contributed by atoms with Crippen molar-refractivity contribution < 1.29 is 9.64 Å². The van der Waals surface area contributed by atoms with E-state index in [1.807, 2.05) is 30.3 Å². The average Bonchev–Trinajstić information content (AvgIpc) is 2.56. The topological polar surface area (TPSA) is 16.9 Å². The highest BCUT2D eigenvalue weighted by Gasteiger charge is 2.21. The number of halogens is 1. The summed E-state index contributed by atoms with van der Waals surface area (Å²) in [7, 11) is 1.74. The van der Waals surface area contributed by atoms with Crippen LogP contribution in [0.5, 0.6) is 5.75 Å². The number of hydrogen-bond donors (Lipinski definition) is 1. The molecule has 3 nitrogen and oxygen atoms in total. The first-order chi connectivity index (χ1) is 10.8. The molecule has 0 bridgehead atoms. The molecule has 1 aliphatic heterocycles. The molecule has 0 spiro atoms. The molecule has 1 heterocycles. The van der Waals surface area contributed by atoms with E-state index in [-0.39, 0.29) is 0 Å². The maximum Gasteiger partial charge on any atom is 0.127 e. The highest BCUT2D eigenvalue weighted by molar-refractivity contribution is 6.30. The molecule has 22 heavy (non-hydrogen) atoms. The first-order valence-electron chi connectivity index (χ1n) is 7.72. The molecule has 3 rings (SSSR count). The van der Waals surface area contributed by atoms with Crippen LogP contribution in [0.4, 0.5) is 5.69 Å². The Morgan fingerprint density at radius 2 is 1.86 bits per heavy atom. The molecule has 0 saturated carbocycles. The number of benzene rings is 2. The second kappa shape index (κ2) is 7.03. The number of hydrogen-bond acceptors (Lipinski definition) is 2. The number of piperazine rings is 1. The van der Waals surface area contributed by atoms with E-state index in [1.54, 1.807) is 12.0 Å². The lowest BCUT2D eigenvalue weighted by Gasteiger charge is -2.34. The van der Waals surface area contributed by atoms with Crippen molar-refractivity contribution in [2.24, 2.45) is 0 Å². The van der Waals surface area contributed by atoms with Gasteiger partial charge in [0.15, 0.2) is 0 Å². The number of quaternary nitrogens is 1. The fraction of sp³-hybridized carbons (Fsp3) is 0.333. The molecule has 1 saturated heterocycles. The van der Waals surface area contributed by atoms with E-state index in [1.165, 1.54) is 11.3 Å². The fourth-order valence-electron chi connectivity index (χ4n) is 3.05. The van der Waals surface area contributed by atoms with Crippen LogP contribution in [0.3, 0.4) is 0 Å². The smallest absolute Gasteiger partial charge is 0.127 e. The Morgan fingerprint density at radius 1 is 1.09 bits per heavy atom. The van der Waals surface area contributed by atoms with E-state index in [2.05, 4.69) is 23.1 Å². The molecule has 4 heteroatoms. The van der Waals surface area contributed by atoms with E-state index in [0.29, 0.717) is 0 Å². The van der Waals surface area contributed by atoms with Gasteiger partial charge in [-0.3, -0.25) is 0 Å². The second-order valence-electron chi connectivity index (χ2n) is 5.71. The minimum Gasteiger partial charge on any atom is -0.496 e. The van der Waals surface area contributed by atoms with Crippen LogP contribution in [0.25, 0.3) is 0 Å². The lowest BCUT2D eigenvalue weighted by Crippen LogP contribution is -3.13. The number of nitrogens with one attached hydrogen (secondary N) is 1. The van der Waals surface area contributed by atoms with Crippen LogP contribution in [0.1, 0.15) is 5.56 Å². The lowest BCUT2D eigenvalue weighted by molar-refractivity contribution is -0.914. The van der Waals surface area contributed by atoms with Crippen molar-refractivity contribution in [1.82, 2.24) is 0 Å². The molecule has 0 aromatic heterocycles. The molecule has 116 valence electrons. The molecule has 0 radical (unpaired) electrons. The normalized spacial score (nSPS) is 15.8. The summed E-state index contributed by atoms with van der Waals surface area (Å²) in [6.07, 6.45) is 0. The van der Waals surface area contributed by atoms with Crippen molar-refractivity contribution in [3.05, 3.63) is 59.1 Å². The summed E-state index contributed by atoms with van der Waals surface area (Å²) in [4.78, 5) is 4.01. The first-order valence-corrected chi connectivity index (χ1v) is 8.10. The number of rotatable bonds is 4. The van der Waals surface area contributed by atoms with Gasteiger partial charge in [0, 0.05) is 16.3 Å². The van der Waals surface area contributed by atoms with Gasteiger partial charge in [-0.25, -0.2) is 0 Å². The number of methoxy groups -OCH3 is 1. The summed E-state index contributed by atoms with van der Waals surface area (Å²) in [5.41, 5.74) is 2.51. The van der Waals surface area contributed by atoms with Crippen molar-refractivity contribution in [3.8, 4) is 5.75 Å². The predicted molar refractivity (Wildman–Crippen MR) is 91.1 cm³/mol. The summed E-state index contributed by atoms with van der Waals surface area (Å²) in [6, 6.07) is 16.4. The zero-order chi connectivity index (χ0) is 15.4. The monoisotopic (exact) mass is 317 g/mol. The molecule has 0 aliphatic carbocycles. The summed E-state index contributed by atoms with van der Waals surface area (Å²) in [6.45, 7) is 5.40. The molecule has 2 aromatic carbocycles. The predicted octanol–water partition coefficient (Wildman–Crippen LogP) is 2.25. The molecule has 0 amide bonds. The maximum atomic E-state index is 6.09. The molecule has 1 fully saturated rings.